The van der Waals surface area contributed by atoms with Crippen molar-refractivity contribution in [3.63, 3.8) is 0 Å². The molecule has 0 aromatic heterocycles. The highest BCUT2D eigenvalue weighted by atomic mass is 127. The molecule has 0 aliphatic rings. The smallest absolute Gasteiger partial charge is 0.0716 e. The van der Waals surface area contributed by atoms with Crippen molar-refractivity contribution in [3.05, 3.63) is 33.4 Å². The molecular formula is C12H19IN2O. The van der Waals surface area contributed by atoms with Gasteiger partial charge in [-0.25, -0.2) is 0 Å². The second-order valence-electron chi connectivity index (χ2n) is 3.76. The zero-order chi connectivity index (χ0) is 12.0. The number of nitrogens with one attached hydrogen (secondary N) is 1. The largest absolute Gasteiger partial charge is 0.377 e. The fraction of sp³-hybridized carbons (Fsp3) is 0.500. The number of halogens is 1. The van der Waals surface area contributed by atoms with Crippen LogP contribution in [0.15, 0.2) is 24.3 Å². The van der Waals surface area contributed by atoms with Gasteiger partial charge in [0, 0.05) is 10.2 Å². The number of nitrogens with two attached hydrogens (primary N) is 1. The minimum absolute atomic E-state index is 0.120. The summed E-state index contributed by atoms with van der Waals surface area (Å²) in [5.41, 5.74) is 4.10. The fourth-order valence-electron chi connectivity index (χ4n) is 1.61. The van der Waals surface area contributed by atoms with Gasteiger partial charge in [-0.3, -0.25) is 11.3 Å². The molecular weight excluding hydrogens is 315 g/mol. The molecule has 0 aliphatic carbocycles. The average molecular weight is 334 g/mol. The zero-order valence-corrected chi connectivity index (χ0v) is 11.9. The van der Waals surface area contributed by atoms with E-state index < -0.39 is 0 Å². The van der Waals surface area contributed by atoms with E-state index >= 15 is 0 Å². The fourth-order valence-corrected chi connectivity index (χ4v) is 1.97. The van der Waals surface area contributed by atoms with Crippen molar-refractivity contribution in [1.29, 1.82) is 0 Å². The SMILES string of the molecule is CCOC(C)C(Cc1ccc(I)cc1)NN. The molecule has 0 fully saturated rings. The molecule has 0 saturated heterocycles. The molecule has 0 amide bonds. The van der Waals surface area contributed by atoms with E-state index in [0.29, 0.717) is 6.61 Å². The quantitative estimate of drug-likeness (QED) is 0.476. The van der Waals surface area contributed by atoms with Gasteiger partial charge in [0.2, 0.25) is 0 Å². The van der Waals surface area contributed by atoms with Gasteiger partial charge in [0.05, 0.1) is 12.1 Å². The Labute approximate surface area is 111 Å². The standard InChI is InChI=1S/C12H19IN2O/c1-3-16-9(2)12(15-14)8-10-4-6-11(13)7-5-10/h4-7,9,12,15H,3,8,14H2,1-2H3. The topological polar surface area (TPSA) is 47.3 Å². The molecule has 1 aromatic rings. The Balaban J connectivity index is 2.59. The lowest BCUT2D eigenvalue weighted by atomic mass is 10.0. The number of ether oxygens (including phenoxy) is 1. The zero-order valence-electron chi connectivity index (χ0n) is 9.74. The summed E-state index contributed by atoms with van der Waals surface area (Å²) in [7, 11) is 0. The maximum absolute atomic E-state index is 5.55. The van der Waals surface area contributed by atoms with E-state index in [1.54, 1.807) is 0 Å². The lowest BCUT2D eigenvalue weighted by Gasteiger charge is -2.23. The van der Waals surface area contributed by atoms with Crippen molar-refractivity contribution >= 4 is 22.6 Å². The third-order valence-electron chi connectivity index (χ3n) is 2.58. The van der Waals surface area contributed by atoms with E-state index in [1.807, 2.05) is 13.8 Å². The molecule has 0 bridgehead atoms. The molecule has 3 N–H and O–H groups in total. The van der Waals surface area contributed by atoms with Gasteiger partial charge < -0.3 is 4.74 Å². The molecule has 2 atom stereocenters. The van der Waals surface area contributed by atoms with Crippen LogP contribution in [0.2, 0.25) is 0 Å². The van der Waals surface area contributed by atoms with Crippen LogP contribution in [-0.4, -0.2) is 18.8 Å². The van der Waals surface area contributed by atoms with Gasteiger partial charge in [-0.1, -0.05) is 12.1 Å². The van der Waals surface area contributed by atoms with Crippen molar-refractivity contribution in [2.75, 3.05) is 6.61 Å². The van der Waals surface area contributed by atoms with Crippen molar-refractivity contribution < 1.29 is 4.74 Å². The Morgan fingerprint density at radius 1 is 1.38 bits per heavy atom. The minimum Gasteiger partial charge on any atom is -0.377 e. The molecule has 0 heterocycles. The highest BCUT2D eigenvalue weighted by molar-refractivity contribution is 14.1. The van der Waals surface area contributed by atoms with Gasteiger partial charge in [-0.15, -0.1) is 0 Å². The highest BCUT2D eigenvalue weighted by Crippen LogP contribution is 2.11. The van der Waals surface area contributed by atoms with Gasteiger partial charge >= 0.3 is 0 Å². The molecule has 3 nitrogen and oxygen atoms in total. The normalized spacial score (nSPS) is 14.8. The molecule has 0 saturated carbocycles. The van der Waals surface area contributed by atoms with Gasteiger partial charge in [0.25, 0.3) is 0 Å². The van der Waals surface area contributed by atoms with E-state index in [9.17, 15) is 0 Å². The van der Waals surface area contributed by atoms with Crippen LogP contribution in [0.3, 0.4) is 0 Å². The number of benzene rings is 1. The van der Waals surface area contributed by atoms with Crippen LogP contribution in [0.4, 0.5) is 0 Å². The Kier molecular flexibility index (Phi) is 6.26. The van der Waals surface area contributed by atoms with Crippen LogP contribution >= 0.6 is 22.6 Å². The summed E-state index contributed by atoms with van der Waals surface area (Å²) in [4.78, 5) is 0. The maximum Gasteiger partial charge on any atom is 0.0716 e. The first-order valence-electron chi connectivity index (χ1n) is 5.49. The van der Waals surface area contributed by atoms with Gasteiger partial charge in [-0.2, -0.15) is 0 Å². The first kappa shape index (κ1) is 13.9. The summed E-state index contributed by atoms with van der Waals surface area (Å²) in [5.74, 6) is 5.55. The van der Waals surface area contributed by atoms with E-state index in [1.165, 1.54) is 9.13 Å². The molecule has 1 aromatic carbocycles. The van der Waals surface area contributed by atoms with Gasteiger partial charge in [-0.05, 0) is 60.6 Å². The Morgan fingerprint density at radius 2 is 2.00 bits per heavy atom. The maximum atomic E-state index is 5.55. The van der Waals surface area contributed by atoms with Crippen molar-refractivity contribution in [3.8, 4) is 0 Å². The first-order chi connectivity index (χ1) is 7.67. The number of hydrogen-bond acceptors (Lipinski definition) is 3. The third-order valence-corrected chi connectivity index (χ3v) is 3.30. The van der Waals surface area contributed by atoms with Crippen molar-refractivity contribution in [1.82, 2.24) is 5.43 Å². The Hall–Kier alpha value is -0.170. The van der Waals surface area contributed by atoms with E-state index in [-0.39, 0.29) is 12.1 Å². The molecule has 2 unspecified atom stereocenters. The van der Waals surface area contributed by atoms with Gasteiger partial charge in [0.1, 0.15) is 0 Å². The number of rotatable bonds is 6. The Morgan fingerprint density at radius 3 is 2.50 bits per heavy atom. The molecule has 90 valence electrons. The summed E-state index contributed by atoms with van der Waals surface area (Å²) in [6.07, 6.45) is 1.00. The molecule has 0 aliphatic heterocycles. The Bertz CT molecular complexity index is 302. The first-order valence-corrected chi connectivity index (χ1v) is 6.57. The minimum atomic E-state index is 0.120. The summed E-state index contributed by atoms with van der Waals surface area (Å²) in [5, 5.41) is 0. The monoisotopic (exact) mass is 334 g/mol. The average Bonchev–Trinajstić information content (AvgIpc) is 2.28. The van der Waals surface area contributed by atoms with Crippen LogP contribution in [0.5, 0.6) is 0 Å². The lowest BCUT2D eigenvalue weighted by molar-refractivity contribution is 0.0476. The molecule has 4 heteroatoms. The second-order valence-corrected chi connectivity index (χ2v) is 5.01. The van der Waals surface area contributed by atoms with E-state index in [2.05, 4.69) is 52.3 Å². The molecule has 0 radical (unpaired) electrons. The van der Waals surface area contributed by atoms with E-state index in [0.717, 1.165) is 6.42 Å². The lowest BCUT2D eigenvalue weighted by Crippen LogP contribution is -2.45. The molecule has 16 heavy (non-hydrogen) atoms. The molecule has 0 spiro atoms. The highest BCUT2D eigenvalue weighted by Gasteiger charge is 2.16. The predicted octanol–water partition coefficient (Wildman–Crippen LogP) is 2.09. The predicted molar refractivity (Wildman–Crippen MR) is 75.1 cm³/mol. The van der Waals surface area contributed by atoms with Crippen molar-refractivity contribution in [2.45, 2.75) is 32.4 Å². The summed E-state index contributed by atoms with van der Waals surface area (Å²) in [6, 6.07) is 8.62. The summed E-state index contributed by atoms with van der Waals surface area (Å²) >= 11 is 2.30. The van der Waals surface area contributed by atoms with Crippen molar-refractivity contribution in [2.24, 2.45) is 5.84 Å². The second kappa shape index (κ2) is 7.21. The van der Waals surface area contributed by atoms with E-state index in [4.69, 9.17) is 10.6 Å². The third kappa shape index (κ3) is 4.37. The number of hydrazine groups is 1. The van der Waals surface area contributed by atoms with Crippen LogP contribution in [0.1, 0.15) is 19.4 Å². The van der Waals surface area contributed by atoms with Gasteiger partial charge in [0.15, 0.2) is 0 Å². The summed E-state index contributed by atoms with van der Waals surface area (Å²) in [6.45, 7) is 4.75. The van der Waals surface area contributed by atoms with Crippen LogP contribution in [0.25, 0.3) is 0 Å². The summed E-state index contributed by atoms with van der Waals surface area (Å²) < 4.78 is 6.79. The van der Waals surface area contributed by atoms with Crippen LogP contribution < -0.4 is 11.3 Å². The van der Waals surface area contributed by atoms with Crippen LogP contribution in [-0.2, 0) is 11.2 Å². The number of hydrogen-bond donors (Lipinski definition) is 2. The van der Waals surface area contributed by atoms with Crippen LogP contribution in [0, 0.1) is 3.57 Å². The molecule has 1 rings (SSSR count).